The van der Waals surface area contributed by atoms with Crippen LogP contribution in [0.3, 0.4) is 0 Å². The molecule has 0 unspecified atom stereocenters. The van der Waals surface area contributed by atoms with E-state index in [0.717, 1.165) is 16.7 Å². The van der Waals surface area contributed by atoms with Gasteiger partial charge in [0.2, 0.25) is 5.89 Å². The standard InChI is InChI=1S/C27H21N3O3/c1-18-12-13-21(27-30-25-24(33-27)11-6-14-28-25)16-23(18)29-26(31)20-9-5-10-22(15-20)32-17-19-7-3-2-4-8-19/h2-16H,17H2,1H3,(H,29,31). The lowest BCUT2D eigenvalue weighted by atomic mass is 10.1. The SMILES string of the molecule is Cc1ccc(-c2nc3ncccc3o2)cc1NC(=O)c1cccc(OCc2ccccc2)c1. The Hall–Kier alpha value is -4.45. The predicted octanol–water partition coefficient (Wildman–Crippen LogP) is 6.03. The summed E-state index contributed by atoms with van der Waals surface area (Å²) >= 11 is 0. The Morgan fingerprint density at radius 2 is 1.85 bits per heavy atom. The summed E-state index contributed by atoms with van der Waals surface area (Å²) in [7, 11) is 0. The number of aromatic nitrogens is 2. The van der Waals surface area contributed by atoms with Crippen LogP contribution >= 0.6 is 0 Å². The van der Waals surface area contributed by atoms with Gasteiger partial charge in [0, 0.05) is 23.0 Å². The molecule has 0 saturated carbocycles. The second-order valence-electron chi connectivity index (χ2n) is 7.63. The van der Waals surface area contributed by atoms with Gasteiger partial charge in [-0.05, 0) is 60.5 Å². The van der Waals surface area contributed by atoms with Crippen molar-refractivity contribution in [2.45, 2.75) is 13.5 Å². The topological polar surface area (TPSA) is 77.3 Å². The maximum atomic E-state index is 13.0. The minimum absolute atomic E-state index is 0.223. The van der Waals surface area contributed by atoms with E-state index in [9.17, 15) is 4.79 Å². The van der Waals surface area contributed by atoms with Crippen LogP contribution in [0.4, 0.5) is 5.69 Å². The van der Waals surface area contributed by atoms with Crippen LogP contribution in [0, 0.1) is 6.92 Å². The molecule has 6 heteroatoms. The van der Waals surface area contributed by atoms with E-state index in [1.807, 2.05) is 73.7 Å². The van der Waals surface area contributed by atoms with E-state index in [-0.39, 0.29) is 5.91 Å². The molecule has 2 aromatic heterocycles. The Bertz CT molecular complexity index is 1390. The van der Waals surface area contributed by atoms with Crippen molar-refractivity contribution < 1.29 is 13.9 Å². The van der Waals surface area contributed by atoms with Crippen LogP contribution in [0.2, 0.25) is 0 Å². The summed E-state index contributed by atoms with van der Waals surface area (Å²) in [6.45, 7) is 2.37. The number of benzene rings is 3. The molecule has 5 aromatic rings. The number of carbonyl (C=O) groups is 1. The Balaban J connectivity index is 1.34. The molecule has 3 aromatic carbocycles. The molecule has 2 heterocycles. The second-order valence-corrected chi connectivity index (χ2v) is 7.63. The first-order valence-corrected chi connectivity index (χ1v) is 10.6. The summed E-state index contributed by atoms with van der Waals surface area (Å²) < 4.78 is 11.7. The Morgan fingerprint density at radius 1 is 0.970 bits per heavy atom. The van der Waals surface area contributed by atoms with Crippen molar-refractivity contribution in [1.29, 1.82) is 0 Å². The number of ether oxygens (including phenoxy) is 1. The molecule has 0 fully saturated rings. The van der Waals surface area contributed by atoms with Crippen LogP contribution in [0.25, 0.3) is 22.7 Å². The maximum Gasteiger partial charge on any atom is 0.255 e. The zero-order valence-electron chi connectivity index (χ0n) is 18.0. The Morgan fingerprint density at radius 3 is 2.70 bits per heavy atom. The zero-order chi connectivity index (χ0) is 22.6. The molecule has 0 bridgehead atoms. The highest BCUT2D eigenvalue weighted by Crippen LogP contribution is 2.28. The van der Waals surface area contributed by atoms with Crippen LogP contribution in [0.15, 0.2) is 95.5 Å². The first kappa shape index (κ1) is 20.5. The number of hydrogen-bond donors (Lipinski definition) is 1. The molecule has 0 aliphatic heterocycles. The van der Waals surface area contributed by atoms with Crippen molar-refractivity contribution in [3.8, 4) is 17.2 Å². The lowest BCUT2D eigenvalue weighted by molar-refractivity contribution is 0.102. The third-order valence-corrected chi connectivity index (χ3v) is 5.24. The largest absolute Gasteiger partial charge is 0.489 e. The normalized spacial score (nSPS) is 10.8. The molecule has 6 nitrogen and oxygen atoms in total. The van der Waals surface area contributed by atoms with E-state index < -0.39 is 0 Å². The van der Waals surface area contributed by atoms with E-state index in [1.54, 1.807) is 24.4 Å². The smallest absolute Gasteiger partial charge is 0.255 e. The van der Waals surface area contributed by atoms with Crippen molar-refractivity contribution in [2.75, 3.05) is 5.32 Å². The number of hydrogen-bond acceptors (Lipinski definition) is 5. The summed E-state index contributed by atoms with van der Waals surface area (Å²) in [6, 6.07) is 26.4. The monoisotopic (exact) mass is 435 g/mol. The molecule has 33 heavy (non-hydrogen) atoms. The van der Waals surface area contributed by atoms with Crippen LogP contribution in [-0.2, 0) is 6.61 Å². The molecule has 0 spiro atoms. The van der Waals surface area contributed by atoms with Gasteiger partial charge >= 0.3 is 0 Å². The third-order valence-electron chi connectivity index (χ3n) is 5.24. The van der Waals surface area contributed by atoms with Gasteiger partial charge in [0.25, 0.3) is 5.91 Å². The average molecular weight is 435 g/mol. The van der Waals surface area contributed by atoms with Gasteiger partial charge in [-0.3, -0.25) is 4.79 Å². The Labute approximate surface area is 190 Å². The van der Waals surface area contributed by atoms with Crippen molar-refractivity contribution in [2.24, 2.45) is 0 Å². The van der Waals surface area contributed by atoms with Crippen LogP contribution in [0.1, 0.15) is 21.5 Å². The third kappa shape index (κ3) is 4.60. The molecular weight excluding hydrogens is 414 g/mol. The number of aryl methyl sites for hydroxylation is 1. The van der Waals surface area contributed by atoms with Crippen molar-refractivity contribution in [3.63, 3.8) is 0 Å². The number of nitrogens with zero attached hydrogens (tertiary/aromatic N) is 2. The molecule has 0 saturated heterocycles. The predicted molar refractivity (Wildman–Crippen MR) is 127 cm³/mol. The highest BCUT2D eigenvalue weighted by molar-refractivity contribution is 6.05. The first-order chi connectivity index (χ1) is 16.2. The number of rotatable bonds is 6. The lowest BCUT2D eigenvalue weighted by Gasteiger charge is -2.11. The number of nitrogens with one attached hydrogen (secondary N) is 1. The van der Waals surface area contributed by atoms with Gasteiger partial charge in [0.15, 0.2) is 11.2 Å². The van der Waals surface area contributed by atoms with Crippen LogP contribution in [0.5, 0.6) is 5.75 Å². The average Bonchev–Trinajstić information content (AvgIpc) is 3.29. The first-order valence-electron chi connectivity index (χ1n) is 10.6. The minimum atomic E-state index is -0.223. The fraction of sp³-hybridized carbons (Fsp3) is 0.0741. The molecule has 0 aliphatic carbocycles. The van der Waals surface area contributed by atoms with E-state index in [2.05, 4.69) is 15.3 Å². The molecule has 0 aliphatic rings. The minimum Gasteiger partial charge on any atom is -0.489 e. The quantitative estimate of drug-likeness (QED) is 0.352. The fourth-order valence-electron chi connectivity index (χ4n) is 3.44. The van der Waals surface area contributed by atoms with Gasteiger partial charge in [-0.1, -0.05) is 42.5 Å². The number of carbonyl (C=O) groups excluding carboxylic acids is 1. The van der Waals surface area contributed by atoms with Crippen LogP contribution < -0.4 is 10.1 Å². The van der Waals surface area contributed by atoms with Gasteiger partial charge in [-0.15, -0.1) is 0 Å². The van der Waals surface area contributed by atoms with Crippen LogP contribution in [-0.4, -0.2) is 15.9 Å². The summed E-state index contributed by atoms with van der Waals surface area (Å²) in [5.74, 6) is 0.867. The Kier molecular flexibility index (Phi) is 5.55. The molecule has 0 atom stereocenters. The van der Waals surface area contributed by atoms with Gasteiger partial charge in [0.1, 0.15) is 12.4 Å². The number of anilines is 1. The number of fused-ring (bicyclic) bond motifs is 1. The van der Waals surface area contributed by atoms with Gasteiger partial charge in [-0.2, -0.15) is 4.98 Å². The number of oxazole rings is 1. The summed E-state index contributed by atoms with van der Waals surface area (Å²) in [5, 5.41) is 2.99. The highest BCUT2D eigenvalue weighted by Gasteiger charge is 2.13. The summed E-state index contributed by atoms with van der Waals surface area (Å²) in [4.78, 5) is 21.6. The summed E-state index contributed by atoms with van der Waals surface area (Å²) in [5.41, 5.74) is 5.11. The van der Waals surface area contributed by atoms with Gasteiger partial charge in [-0.25, -0.2) is 4.98 Å². The molecule has 0 radical (unpaired) electrons. The fourth-order valence-corrected chi connectivity index (χ4v) is 3.44. The zero-order valence-corrected chi connectivity index (χ0v) is 18.0. The number of amides is 1. The lowest BCUT2D eigenvalue weighted by Crippen LogP contribution is -2.13. The molecule has 1 N–H and O–H groups in total. The summed E-state index contributed by atoms with van der Waals surface area (Å²) in [6.07, 6.45) is 1.67. The second kappa shape index (κ2) is 8.96. The van der Waals surface area contributed by atoms with E-state index in [1.165, 1.54) is 0 Å². The van der Waals surface area contributed by atoms with Crippen molar-refractivity contribution in [3.05, 3.63) is 108 Å². The molecule has 1 amide bonds. The van der Waals surface area contributed by atoms with Gasteiger partial charge < -0.3 is 14.5 Å². The van der Waals surface area contributed by atoms with Crippen molar-refractivity contribution >= 4 is 22.8 Å². The van der Waals surface area contributed by atoms with Gasteiger partial charge in [0.05, 0.1) is 0 Å². The maximum absolute atomic E-state index is 13.0. The molecular formula is C27H21N3O3. The van der Waals surface area contributed by atoms with E-state index in [0.29, 0.717) is 40.7 Å². The molecule has 5 rings (SSSR count). The molecule has 162 valence electrons. The van der Waals surface area contributed by atoms with E-state index >= 15 is 0 Å². The highest BCUT2D eigenvalue weighted by atomic mass is 16.5. The van der Waals surface area contributed by atoms with Crippen molar-refractivity contribution in [1.82, 2.24) is 9.97 Å². The van der Waals surface area contributed by atoms with E-state index in [4.69, 9.17) is 9.15 Å². The number of pyridine rings is 1.